The van der Waals surface area contributed by atoms with Crippen molar-refractivity contribution in [3.05, 3.63) is 29.8 Å². The second-order valence-electron chi connectivity index (χ2n) is 5.16. The number of hydrogen-bond donors (Lipinski definition) is 1. The molecule has 1 aliphatic carbocycles. The molecule has 1 aromatic carbocycles. The second-order valence-corrected chi connectivity index (χ2v) is 5.16. The maximum Gasteiger partial charge on any atom is 0.416 e. The van der Waals surface area contributed by atoms with Crippen LogP contribution in [-0.2, 0) is 6.18 Å². The number of rotatable bonds is 5. The molecule has 1 aliphatic rings. The van der Waals surface area contributed by atoms with Gasteiger partial charge in [0.1, 0.15) is 12.4 Å². The summed E-state index contributed by atoms with van der Waals surface area (Å²) < 4.78 is 42.6. The fraction of sp³-hybridized carbons (Fsp3) is 0.600. The van der Waals surface area contributed by atoms with Crippen molar-refractivity contribution < 1.29 is 17.9 Å². The largest absolute Gasteiger partial charge is 0.492 e. The third-order valence-electron chi connectivity index (χ3n) is 3.59. The van der Waals surface area contributed by atoms with Gasteiger partial charge in [-0.15, -0.1) is 0 Å². The van der Waals surface area contributed by atoms with E-state index in [0.717, 1.165) is 18.7 Å². The zero-order chi connectivity index (χ0) is 14.4. The van der Waals surface area contributed by atoms with Crippen molar-refractivity contribution in [2.45, 2.75) is 44.3 Å². The summed E-state index contributed by atoms with van der Waals surface area (Å²) in [5.41, 5.74) is -0.648. The van der Waals surface area contributed by atoms with Crippen LogP contribution in [0.2, 0.25) is 0 Å². The van der Waals surface area contributed by atoms with Gasteiger partial charge in [0.25, 0.3) is 0 Å². The molecule has 0 amide bonds. The van der Waals surface area contributed by atoms with E-state index in [1.165, 1.54) is 44.2 Å². The number of nitrogens with one attached hydrogen (secondary N) is 1. The first-order valence-electron chi connectivity index (χ1n) is 7.09. The SMILES string of the molecule is FC(F)(F)c1ccc(OCCNC2CCCCC2)cc1. The van der Waals surface area contributed by atoms with Crippen molar-refractivity contribution in [3.8, 4) is 5.75 Å². The topological polar surface area (TPSA) is 21.3 Å². The Balaban J connectivity index is 1.68. The molecule has 1 N–H and O–H groups in total. The minimum atomic E-state index is -4.29. The minimum Gasteiger partial charge on any atom is -0.492 e. The van der Waals surface area contributed by atoms with Gasteiger partial charge < -0.3 is 10.1 Å². The van der Waals surface area contributed by atoms with E-state index < -0.39 is 11.7 Å². The summed E-state index contributed by atoms with van der Waals surface area (Å²) in [5, 5.41) is 3.42. The van der Waals surface area contributed by atoms with E-state index in [-0.39, 0.29) is 0 Å². The van der Waals surface area contributed by atoms with Gasteiger partial charge in [-0.2, -0.15) is 13.2 Å². The Hall–Kier alpha value is -1.23. The molecule has 112 valence electrons. The lowest BCUT2D eigenvalue weighted by Gasteiger charge is -2.22. The standard InChI is InChI=1S/C15H20F3NO/c16-15(17,18)12-6-8-14(9-7-12)20-11-10-19-13-4-2-1-3-5-13/h6-9,13,19H,1-5,10-11H2. The van der Waals surface area contributed by atoms with Crippen LogP contribution >= 0.6 is 0 Å². The van der Waals surface area contributed by atoms with Gasteiger partial charge in [0.05, 0.1) is 5.56 Å². The normalized spacial score (nSPS) is 17.1. The molecule has 20 heavy (non-hydrogen) atoms. The van der Waals surface area contributed by atoms with Crippen LogP contribution < -0.4 is 10.1 Å². The summed E-state index contributed by atoms with van der Waals surface area (Å²) in [5.74, 6) is 0.475. The molecule has 0 unspecified atom stereocenters. The fourth-order valence-corrected chi connectivity index (χ4v) is 2.48. The Kier molecular flexibility index (Phi) is 5.29. The lowest BCUT2D eigenvalue weighted by molar-refractivity contribution is -0.137. The third kappa shape index (κ3) is 4.71. The Morgan fingerprint density at radius 2 is 1.70 bits per heavy atom. The average molecular weight is 287 g/mol. The summed E-state index contributed by atoms with van der Waals surface area (Å²) in [6, 6.07) is 5.39. The Labute approximate surface area is 117 Å². The van der Waals surface area contributed by atoms with E-state index in [2.05, 4.69) is 5.32 Å². The molecule has 0 atom stereocenters. The molecule has 1 aromatic rings. The van der Waals surface area contributed by atoms with Crippen LogP contribution in [0, 0.1) is 0 Å². The number of halogens is 3. The smallest absolute Gasteiger partial charge is 0.416 e. The highest BCUT2D eigenvalue weighted by Gasteiger charge is 2.29. The monoisotopic (exact) mass is 287 g/mol. The zero-order valence-corrected chi connectivity index (χ0v) is 11.4. The minimum absolute atomic E-state index is 0.474. The molecule has 0 aliphatic heterocycles. The molecule has 2 nitrogen and oxygen atoms in total. The number of ether oxygens (including phenoxy) is 1. The third-order valence-corrected chi connectivity index (χ3v) is 3.59. The van der Waals surface area contributed by atoms with Crippen LogP contribution in [0.15, 0.2) is 24.3 Å². The number of alkyl halides is 3. The molecule has 1 fully saturated rings. The highest BCUT2D eigenvalue weighted by molar-refractivity contribution is 5.28. The summed E-state index contributed by atoms with van der Waals surface area (Å²) in [6.45, 7) is 1.20. The first-order valence-corrected chi connectivity index (χ1v) is 7.09. The van der Waals surface area contributed by atoms with Crippen LogP contribution in [-0.4, -0.2) is 19.2 Å². The molecule has 1 saturated carbocycles. The van der Waals surface area contributed by atoms with Crippen molar-refractivity contribution in [2.24, 2.45) is 0 Å². The van der Waals surface area contributed by atoms with Crippen molar-refractivity contribution in [1.29, 1.82) is 0 Å². The number of hydrogen-bond acceptors (Lipinski definition) is 2. The van der Waals surface area contributed by atoms with Crippen LogP contribution in [0.1, 0.15) is 37.7 Å². The van der Waals surface area contributed by atoms with Gasteiger partial charge in [-0.05, 0) is 37.1 Å². The maximum absolute atomic E-state index is 12.4. The zero-order valence-electron chi connectivity index (χ0n) is 11.4. The predicted molar refractivity (Wildman–Crippen MR) is 71.8 cm³/mol. The summed E-state index contributed by atoms with van der Waals surface area (Å²) >= 11 is 0. The predicted octanol–water partition coefficient (Wildman–Crippen LogP) is 4.01. The highest BCUT2D eigenvalue weighted by Crippen LogP contribution is 2.30. The maximum atomic E-state index is 12.4. The summed E-state index contributed by atoms with van der Waals surface area (Å²) in [6.07, 6.45) is 2.00. The quantitative estimate of drug-likeness (QED) is 0.826. The molecule has 5 heteroatoms. The second kappa shape index (κ2) is 6.97. The van der Waals surface area contributed by atoms with Gasteiger partial charge in [0.15, 0.2) is 0 Å². The molecule has 0 aromatic heterocycles. The van der Waals surface area contributed by atoms with Gasteiger partial charge in [-0.1, -0.05) is 19.3 Å². The summed E-state index contributed by atoms with van der Waals surface area (Å²) in [4.78, 5) is 0. The molecule has 0 spiro atoms. The molecule has 0 radical (unpaired) electrons. The van der Waals surface area contributed by atoms with Crippen LogP contribution in [0.25, 0.3) is 0 Å². The molecule has 0 saturated heterocycles. The van der Waals surface area contributed by atoms with E-state index >= 15 is 0 Å². The molecule has 2 rings (SSSR count). The Morgan fingerprint density at radius 3 is 2.30 bits per heavy atom. The van der Waals surface area contributed by atoms with E-state index in [0.29, 0.717) is 18.4 Å². The van der Waals surface area contributed by atoms with Crippen LogP contribution in [0.5, 0.6) is 5.75 Å². The van der Waals surface area contributed by atoms with E-state index in [1.807, 2.05) is 0 Å². The molecule has 0 heterocycles. The van der Waals surface area contributed by atoms with Crippen LogP contribution in [0.4, 0.5) is 13.2 Å². The number of benzene rings is 1. The van der Waals surface area contributed by atoms with Gasteiger partial charge in [-0.3, -0.25) is 0 Å². The summed E-state index contributed by atoms with van der Waals surface area (Å²) in [7, 11) is 0. The lowest BCUT2D eigenvalue weighted by atomic mass is 9.96. The van der Waals surface area contributed by atoms with Crippen molar-refractivity contribution in [3.63, 3.8) is 0 Å². The van der Waals surface area contributed by atoms with Gasteiger partial charge >= 0.3 is 6.18 Å². The Morgan fingerprint density at radius 1 is 1.05 bits per heavy atom. The lowest BCUT2D eigenvalue weighted by Crippen LogP contribution is -2.34. The van der Waals surface area contributed by atoms with Crippen molar-refractivity contribution >= 4 is 0 Å². The molecular formula is C15H20F3NO. The molecule has 0 bridgehead atoms. The van der Waals surface area contributed by atoms with E-state index in [1.54, 1.807) is 0 Å². The fourth-order valence-electron chi connectivity index (χ4n) is 2.48. The van der Waals surface area contributed by atoms with Crippen LogP contribution in [0.3, 0.4) is 0 Å². The van der Waals surface area contributed by atoms with E-state index in [9.17, 15) is 13.2 Å². The van der Waals surface area contributed by atoms with Gasteiger partial charge in [0, 0.05) is 12.6 Å². The highest BCUT2D eigenvalue weighted by atomic mass is 19.4. The Bertz CT molecular complexity index is 397. The molecular weight excluding hydrogens is 267 g/mol. The van der Waals surface area contributed by atoms with E-state index in [4.69, 9.17) is 4.74 Å². The first kappa shape index (κ1) is 15.2. The van der Waals surface area contributed by atoms with Crippen molar-refractivity contribution in [1.82, 2.24) is 5.32 Å². The van der Waals surface area contributed by atoms with Gasteiger partial charge in [0.2, 0.25) is 0 Å². The average Bonchev–Trinajstić information content (AvgIpc) is 2.44. The van der Waals surface area contributed by atoms with Gasteiger partial charge in [-0.25, -0.2) is 0 Å². The first-order chi connectivity index (χ1) is 9.55. The van der Waals surface area contributed by atoms with Crippen molar-refractivity contribution in [2.75, 3.05) is 13.2 Å².